The maximum absolute atomic E-state index is 12.1. The van der Waals surface area contributed by atoms with Crippen molar-refractivity contribution in [2.45, 2.75) is 6.42 Å². The second-order valence-corrected chi connectivity index (χ2v) is 5.95. The largest absolute Gasteiger partial charge is 0.371 e. The van der Waals surface area contributed by atoms with Gasteiger partial charge in [-0.2, -0.15) is 0 Å². The molecule has 1 atom stereocenters. The molecule has 3 rings (SSSR count). The first-order valence-corrected chi connectivity index (χ1v) is 7.96. The number of benzene rings is 2. The predicted molar refractivity (Wildman–Crippen MR) is 92.2 cm³/mol. The zero-order chi connectivity index (χ0) is 16.9. The number of nitrogens with zero attached hydrogens (tertiary/aromatic N) is 2. The lowest BCUT2D eigenvalue weighted by molar-refractivity contribution is -0.384. The molecule has 2 aromatic rings. The van der Waals surface area contributed by atoms with Crippen LogP contribution in [-0.4, -0.2) is 30.5 Å². The van der Waals surface area contributed by atoms with Crippen molar-refractivity contribution in [3.05, 3.63) is 70.3 Å². The van der Waals surface area contributed by atoms with Crippen molar-refractivity contribution in [1.82, 2.24) is 5.32 Å². The number of hydrogen-bond acceptors (Lipinski definition) is 4. The van der Waals surface area contributed by atoms with E-state index in [0.29, 0.717) is 18.0 Å². The number of rotatable bonds is 5. The molecule has 0 bridgehead atoms. The van der Waals surface area contributed by atoms with Crippen LogP contribution in [0.25, 0.3) is 0 Å². The molecule has 0 aromatic heterocycles. The number of carbonyl (C=O) groups excluding carboxylic acids is 1. The van der Waals surface area contributed by atoms with E-state index in [1.165, 1.54) is 30.0 Å². The van der Waals surface area contributed by atoms with Gasteiger partial charge in [0.2, 0.25) is 0 Å². The molecule has 0 saturated carbocycles. The molecule has 1 heterocycles. The average molecular weight is 325 g/mol. The summed E-state index contributed by atoms with van der Waals surface area (Å²) in [5.74, 6) is 0.218. The molecule has 1 amide bonds. The van der Waals surface area contributed by atoms with Crippen LogP contribution in [0.15, 0.2) is 54.6 Å². The first kappa shape index (κ1) is 16.0. The molecule has 124 valence electrons. The third-order valence-electron chi connectivity index (χ3n) is 4.30. The van der Waals surface area contributed by atoms with E-state index < -0.39 is 4.92 Å². The highest BCUT2D eigenvalue weighted by molar-refractivity contribution is 5.94. The van der Waals surface area contributed by atoms with E-state index in [1.54, 1.807) is 0 Å². The summed E-state index contributed by atoms with van der Waals surface area (Å²) >= 11 is 0. The lowest BCUT2D eigenvalue weighted by Gasteiger charge is -2.18. The summed E-state index contributed by atoms with van der Waals surface area (Å²) in [7, 11) is 0. The van der Waals surface area contributed by atoms with Gasteiger partial charge in [0.05, 0.1) is 4.92 Å². The minimum Gasteiger partial charge on any atom is -0.371 e. The van der Waals surface area contributed by atoms with E-state index in [4.69, 9.17) is 0 Å². The van der Waals surface area contributed by atoms with Gasteiger partial charge in [0.25, 0.3) is 11.6 Å². The highest BCUT2D eigenvalue weighted by Crippen LogP contribution is 2.23. The van der Waals surface area contributed by atoms with Crippen LogP contribution in [0.3, 0.4) is 0 Å². The number of nitro benzene ring substituents is 1. The van der Waals surface area contributed by atoms with Crippen molar-refractivity contribution in [2.75, 3.05) is 24.5 Å². The van der Waals surface area contributed by atoms with Gasteiger partial charge in [0, 0.05) is 43.0 Å². The first-order chi connectivity index (χ1) is 11.6. The summed E-state index contributed by atoms with van der Waals surface area (Å²) in [5.41, 5.74) is 1.64. The molecule has 0 unspecified atom stereocenters. The molecule has 0 aliphatic carbocycles. The summed E-state index contributed by atoms with van der Waals surface area (Å²) in [4.78, 5) is 24.6. The van der Waals surface area contributed by atoms with Gasteiger partial charge < -0.3 is 10.2 Å². The Bertz CT molecular complexity index is 716. The van der Waals surface area contributed by atoms with Crippen molar-refractivity contribution in [1.29, 1.82) is 0 Å². The molecule has 0 radical (unpaired) electrons. The summed E-state index contributed by atoms with van der Waals surface area (Å²) in [5, 5.41) is 13.6. The number of anilines is 1. The average Bonchev–Trinajstić information content (AvgIpc) is 3.09. The third kappa shape index (κ3) is 3.71. The zero-order valence-electron chi connectivity index (χ0n) is 13.2. The van der Waals surface area contributed by atoms with Crippen LogP contribution in [0.1, 0.15) is 16.8 Å². The fraction of sp³-hybridized carbons (Fsp3) is 0.278. The molecule has 1 aliphatic rings. The number of amides is 1. The third-order valence-corrected chi connectivity index (χ3v) is 4.30. The summed E-state index contributed by atoms with van der Waals surface area (Å²) in [6.07, 6.45) is 1.04. The Kier molecular flexibility index (Phi) is 4.74. The molecule has 1 saturated heterocycles. The van der Waals surface area contributed by atoms with E-state index in [-0.39, 0.29) is 11.6 Å². The lowest BCUT2D eigenvalue weighted by Crippen LogP contribution is -2.31. The van der Waals surface area contributed by atoms with Crippen LogP contribution >= 0.6 is 0 Å². The minimum atomic E-state index is -0.474. The van der Waals surface area contributed by atoms with Crippen molar-refractivity contribution >= 4 is 17.3 Å². The Balaban J connectivity index is 1.51. The lowest BCUT2D eigenvalue weighted by atomic mass is 10.1. The van der Waals surface area contributed by atoms with Gasteiger partial charge in [-0.3, -0.25) is 14.9 Å². The Hall–Kier alpha value is -2.89. The number of para-hydroxylation sites is 1. The molecule has 2 aromatic carbocycles. The molecular weight excluding hydrogens is 306 g/mol. The monoisotopic (exact) mass is 325 g/mol. The van der Waals surface area contributed by atoms with Gasteiger partial charge in [-0.1, -0.05) is 18.2 Å². The van der Waals surface area contributed by atoms with E-state index in [2.05, 4.69) is 22.3 Å². The molecule has 1 aliphatic heterocycles. The van der Waals surface area contributed by atoms with Crippen molar-refractivity contribution < 1.29 is 9.72 Å². The van der Waals surface area contributed by atoms with E-state index >= 15 is 0 Å². The highest BCUT2D eigenvalue weighted by Gasteiger charge is 2.23. The van der Waals surface area contributed by atoms with Gasteiger partial charge in [-0.25, -0.2) is 0 Å². The molecule has 0 spiro atoms. The van der Waals surface area contributed by atoms with Crippen LogP contribution in [-0.2, 0) is 0 Å². The van der Waals surface area contributed by atoms with Crippen molar-refractivity contribution in [3.63, 3.8) is 0 Å². The van der Waals surface area contributed by atoms with Gasteiger partial charge in [-0.15, -0.1) is 0 Å². The van der Waals surface area contributed by atoms with E-state index in [1.807, 2.05) is 18.2 Å². The summed E-state index contributed by atoms with van der Waals surface area (Å²) in [6.45, 7) is 2.52. The topological polar surface area (TPSA) is 75.5 Å². The Morgan fingerprint density at radius 1 is 1.17 bits per heavy atom. The predicted octanol–water partition coefficient (Wildman–Crippen LogP) is 2.85. The van der Waals surface area contributed by atoms with Gasteiger partial charge in [0.15, 0.2) is 0 Å². The molecular formula is C18H19N3O3. The molecule has 24 heavy (non-hydrogen) atoms. The highest BCUT2D eigenvalue weighted by atomic mass is 16.6. The minimum absolute atomic E-state index is 0.0131. The van der Waals surface area contributed by atoms with Gasteiger partial charge in [-0.05, 0) is 36.6 Å². The fourth-order valence-corrected chi connectivity index (χ4v) is 2.95. The number of nitro groups is 1. The van der Waals surface area contributed by atoms with Crippen LogP contribution in [0.5, 0.6) is 0 Å². The maximum Gasteiger partial charge on any atom is 0.269 e. The normalized spacial score (nSPS) is 16.8. The van der Waals surface area contributed by atoms with Gasteiger partial charge in [0.1, 0.15) is 0 Å². The number of non-ortho nitro benzene ring substituents is 1. The standard InChI is InChI=1S/C18H19N3O3/c22-18(15-6-8-17(9-7-15)21(23)24)19-12-14-10-11-20(13-14)16-4-2-1-3-5-16/h1-9,14H,10-13H2,(H,19,22)/t14-/m1/s1. The zero-order valence-corrected chi connectivity index (χ0v) is 13.2. The Morgan fingerprint density at radius 3 is 2.54 bits per heavy atom. The number of nitrogens with one attached hydrogen (secondary N) is 1. The van der Waals surface area contributed by atoms with E-state index in [0.717, 1.165) is 19.5 Å². The molecule has 1 N–H and O–H groups in total. The smallest absolute Gasteiger partial charge is 0.269 e. The molecule has 1 fully saturated rings. The van der Waals surface area contributed by atoms with Gasteiger partial charge >= 0.3 is 0 Å². The second kappa shape index (κ2) is 7.12. The van der Waals surface area contributed by atoms with Crippen LogP contribution in [0.2, 0.25) is 0 Å². The number of hydrogen-bond donors (Lipinski definition) is 1. The van der Waals surface area contributed by atoms with Crippen LogP contribution in [0.4, 0.5) is 11.4 Å². The Morgan fingerprint density at radius 2 is 1.88 bits per heavy atom. The van der Waals surface area contributed by atoms with E-state index in [9.17, 15) is 14.9 Å². The molecule has 6 nitrogen and oxygen atoms in total. The summed E-state index contributed by atoms with van der Waals surface area (Å²) < 4.78 is 0. The Labute approximate surface area is 140 Å². The SMILES string of the molecule is O=C(NC[C@H]1CCN(c2ccccc2)C1)c1ccc([N+](=O)[O-])cc1. The summed E-state index contributed by atoms with van der Waals surface area (Å²) in [6, 6.07) is 15.9. The molecule has 6 heteroatoms. The van der Waals surface area contributed by atoms with Crippen LogP contribution in [0, 0.1) is 16.0 Å². The number of carbonyl (C=O) groups is 1. The fourth-order valence-electron chi connectivity index (χ4n) is 2.95. The second-order valence-electron chi connectivity index (χ2n) is 5.95. The van der Waals surface area contributed by atoms with Crippen molar-refractivity contribution in [2.24, 2.45) is 5.92 Å². The maximum atomic E-state index is 12.1. The van der Waals surface area contributed by atoms with Crippen molar-refractivity contribution in [3.8, 4) is 0 Å². The van der Waals surface area contributed by atoms with Crippen LogP contribution < -0.4 is 10.2 Å². The first-order valence-electron chi connectivity index (χ1n) is 7.96. The quantitative estimate of drug-likeness (QED) is 0.677.